The highest BCUT2D eigenvalue weighted by Crippen LogP contribution is 2.20. The molecule has 0 atom stereocenters. The lowest BCUT2D eigenvalue weighted by Crippen LogP contribution is -2.28. The zero-order chi connectivity index (χ0) is 10.8. The molecule has 2 amide bonds. The van der Waals surface area contributed by atoms with Gasteiger partial charge < -0.3 is 4.74 Å². The molecule has 15 heavy (non-hydrogen) atoms. The average Bonchev–Trinajstić information content (AvgIpc) is 2.38. The van der Waals surface area contributed by atoms with E-state index in [9.17, 15) is 9.59 Å². The maximum absolute atomic E-state index is 11.6. The van der Waals surface area contributed by atoms with Gasteiger partial charge in [-0.25, -0.2) is 0 Å². The molecule has 1 heterocycles. The molecule has 0 saturated carbocycles. The smallest absolute Gasteiger partial charge is 0.258 e. The fourth-order valence-corrected chi connectivity index (χ4v) is 1.62. The Hall–Kier alpha value is -1.84. The number of ether oxygens (including phenoxy) is 1. The molecule has 1 N–H and O–H groups in total. The number of amides is 2. The highest BCUT2D eigenvalue weighted by Gasteiger charge is 2.19. The number of aryl methyl sites for hydroxylation is 1. The minimum absolute atomic E-state index is 0.227. The van der Waals surface area contributed by atoms with Crippen LogP contribution in [0.1, 0.15) is 22.3 Å². The van der Waals surface area contributed by atoms with E-state index in [1.807, 2.05) is 6.07 Å². The van der Waals surface area contributed by atoms with Gasteiger partial charge in [-0.15, -0.1) is 0 Å². The van der Waals surface area contributed by atoms with Gasteiger partial charge in [0.15, 0.2) is 0 Å². The summed E-state index contributed by atoms with van der Waals surface area (Å²) in [5.74, 6) is 0.0554. The first-order valence-corrected chi connectivity index (χ1v) is 4.72. The molecule has 0 unspecified atom stereocenters. The van der Waals surface area contributed by atoms with Crippen LogP contribution in [0, 0.1) is 0 Å². The third kappa shape index (κ3) is 1.83. The second kappa shape index (κ2) is 3.73. The normalized spacial score (nSPS) is 15.3. The number of carbonyl (C=O) groups is 2. The zero-order valence-electron chi connectivity index (χ0n) is 8.37. The molecule has 0 fully saturated rings. The van der Waals surface area contributed by atoms with Gasteiger partial charge in [-0.2, -0.15) is 0 Å². The Morgan fingerprint density at radius 1 is 1.27 bits per heavy atom. The summed E-state index contributed by atoms with van der Waals surface area (Å²) in [6.45, 7) is 0. The van der Waals surface area contributed by atoms with Gasteiger partial charge in [0.2, 0.25) is 5.91 Å². The average molecular weight is 205 g/mol. The summed E-state index contributed by atoms with van der Waals surface area (Å²) in [6, 6.07) is 5.28. The van der Waals surface area contributed by atoms with Crippen LogP contribution in [-0.4, -0.2) is 18.9 Å². The highest BCUT2D eigenvalue weighted by molar-refractivity contribution is 6.06. The van der Waals surface area contributed by atoms with E-state index in [-0.39, 0.29) is 11.8 Å². The maximum atomic E-state index is 11.6. The van der Waals surface area contributed by atoms with Crippen molar-refractivity contribution < 1.29 is 14.3 Å². The molecule has 1 aromatic carbocycles. The van der Waals surface area contributed by atoms with Gasteiger partial charge >= 0.3 is 0 Å². The number of methoxy groups -OCH3 is 1. The summed E-state index contributed by atoms with van der Waals surface area (Å²) in [5.41, 5.74) is 1.42. The van der Waals surface area contributed by atoms with Crippen LogP contribution in [0.2, 0.25) is 0 Å². The Bertz CT molecular complexity index is 426. The standard InChI is InChI=1S/C11H11NO3/c1-15-8-4-2-7-3-5-10(13)12-11(14)9(7)6-8/h2,4,6H,3,5H2,1H3,(H,12,13,14). The summed E-state index contributed by atoms with van der Waals surface area (Å²) in [6.07, 6.45) is 0.946. The first-order valence-electron chi connectivity index (χ1n) is 4.72. The summed E-state index contributed by atoms with van der Waals surface area (Å²) < 4.78 is 5.03. The molecule has 78 valence electrons. The monoisotopic (exact) mass is 205 g/mol. The predicted molar refractivity (Wildman–Crippen MR) is 53.8 cm³/mol. The molecule has 0 aromatic heterocycles. The van der Waals surface area contributed by atoms with E-state index in [1.54, 1.807) is 19.2 Å². The minimum atomic E-state index is -0.341. The van der Waals surface area contributed by atoms with E-state index in [2.05, 4.69) is 5.32 Å². The van der Waals surface area contributed by atoms with E-state index in [0.717, 1.165) is 5.56 Å². The fourth-order valence-electron chi connectivity index (χ4n) is 1.62. The molecule has 0 bridgehead atoms. The Balaban J connectivity index is 2.45. The quantitative estimate of drug-likeness (QED) is 0.693. The van der Waals surface area contributed by atoms with Gasteiger partial charge in [-0.1, -0.05) is 6.07 Å². The molecule has 1 aliphatic heterocycles. The number of nitrogens with one attached hydrogen (secondary N) is 1. The fraction of sp³-hybridized carbons (Fsp3) is 0.273. The first kappa shape index (κ1) is 9.71. The second-order valence-electron chi connectivity index (χ2n) is 3.40. The van der Waals surface area contributed by atoms with Gasteiger partial charge in [-0.05, 0) is 24.1 Å². The number of benzene rings is 1. The van der Waals surface area contributed by atoms with Gasteiger partial charge in [0.1, 0.15) is 5.75 Å². The van der Waals surface area contributed by atoms with Crippen LogP contribution in [0.25, 0.3) is 0 Å². The van der Waals surface area contributed by atoms with Crippen molar-refractivity contribution in [2.75, 3.05) is 7.11 Å². The Morgan fingerprint density at radius 3 is 2.80 bits per heavy atom. The topological polar surface area (TPSA) is 55.4 Å². The summed E-state index contributed by atoms with van der Waals surface area (Å²) >= 11 is 0. The van der Waals surface area contributed by atoms with E-state index < -0.39 is 0 Å². The molecule has 0 spiro atoms. The number of rotatable bonds is 1. The number of hydrogen-bond donors (Lipinski definition) is 1. The van der Waals surface area contributed by atoms with Crippen molar-refractivity contribution in [3.05, 3.63) is 29.3 Å². The maximum Gasteiger partial charge on any atom is 0.258 e. The van der Waals surface area contributed by atoms with Gasteiger partial charge in [-0.3, -0.25) is 14.9 Å². The Morgan fingerprint density at radius 2 is 2.07 bits per heavy atom. The largest absolute Gasteiger partial charge is 0.497 e. The summed E-state index contributed by atoms with van der Waals surface area (Å²) in [7, 11) is 1.54. The minimum Gasteiger partial charge on any atom is -0.497 e. The third-order valence-corrected chi connectivity index (χ3v) is 2.44. The van der Waals surface area contributed by atoms with Gasteiger partial charge in [0, 0.05) is 12.0 Å². The highest BCUT2D eigenvalue weighted by atomic mass is 16.5. The van der Waals surface area contributed by atoms with E-state index in [0.29, 0.717) is 24.2 Å². The summed E-state index contributed by atoms with van der Waals surface area (Å²) in [5, 5.41) is 2.32. The lowest BCUT2D eigenvalue weighted by molar-refractivity contribution is -0.119. The third-order valence-electron chi connectivity index (χ3n) is 2.44. The predicted octanol–water partition coefficient (Wildman–Crippen LogP) is 0.898. The molecular formula is C11H11NO3. The molecule has 0 aliphatic carbocycles. The molecule has 0 saturated heterocycles. The Kier molecular flexibility index (Phi) is 2.41. The number of imide groups is 1. The van der Waals surface area contributed by atoms with E-state index in [1.165, 1.54) is 0 Å². The van der Waals surface area contributed by atoms with Crippen LogP contribution in [0.3, 0.4) is 0 Å². The zero-order valence-corrected chi connectivity index (χ0v) is 8.37. The van der Waals surface area contributed by atoms with E-state index >= 15 is 0 Å². The molecule has 1 aromatic rings. The number of carbonyl (C=O) groups excluding carboxylic acids is 2. The summed E-state index contributed by atoms with van der Waals surface area (Å²) in [4.78, 5) is 22.7. The van der Waals surface area contributed by atoms with Crippen LogP contribution in [0.4, 0.5) is 0 Å². The van der Waals surface area contributed by atoms with Crippen LogP contribution in [0.5, 0.6) is 5.75 Å². The van der Waals surface area contributed by atoms with E-state index in [4.69, 9.17) is 4.74 Å². The van der Waals surface area contributed by atoms with Gasteiger partial charge in [0.25, 0.3) is 5.91 Å². The molecule has 2 rings (SSSR count). The van der Waals surface area contributed by atoms with Crippen LogP contribution in [-0.2, 0) is 11.2 Å². The molecule has 4 heteroatoms. The molecule has 1 aliphatic rings. The molecular weight excluding hydrogens is 194 g/mol. The SMILES string of the molecule is COc1ccc2c(c1)C(=O)NC(=O)CC2. The molecule has 4 nitrogen and oxygen atoms in total. The van der Waals surface area contributed by atoms with Crippen molar-refractivity contribution in [2.24, 2.45) is 0 Å². The van der Waals surface area contributed by atoms with Crippen LogP contribution < -0.4 is 10.1 Å². The first-order chi connectivity index (χ1) is 7.20. The second-order valence-corrected chi connectivity index (χ2v) is 3.40. The van der Waals surface area contributed by atoms with Crippen molar-refractivity contribution in [2.45, 2.75) is 12.8 Å². The van der Waals surface area contributed by atoms with Crippen molar-refractivity contribution >= 4 is 11.8 Å². The van der Waals surface area contributed by atoms with Crippen LogP contribution >= 0.6 is 0 Å². The van der Waals surface area contributed by atoms with Crippen LogP contribution in [0.15, 0.2) is 18.2 Å². The Labute approximate surface area is 87.2 Å². The lowest BCUT2D eigenvalue weighted by Gasteiger charge is -2.06. The number of hydrogen-bond acceptors (Lipinski definition) is 3. The van der Waals surface area contributed by atoms with Crippen molar-refractivity contribution in [1.82, 2.24) is 5.32 Å². The number of fused-ring (bicyclic) bond motifs is 1. The van der Waals surface area contributed by atoms with Crippen molar-refractivity contribution in [3.8, 4) is 5.75 Å². The lowest BCUT2D eigenvalue weighted by atomic mass is 10.0. The van der Waals surface area contributed by atoms with Crippen molar-refractivity contribution in [3.63, 3.8) is 0 Å². The molecule has 0 radical (unpaired) electrons. The van der Waals surface area contributed by atoms with Crippen molar-refractivity contribution in [1.29, 1.82) is 0 Å². The van der Waals surface area contributed by atoms with Gasteiger partial charge in [0.05, 0.1) is 7.11 Å².